The van der Waals surface area contributed by atoms with Crippen molar-refractivity contribution in [1.29, 1.82) is 0 Å². The molecule has 0 spiro atoms. The van der Waals surface area contributed by atoms with Crippen LogP contribution in [0.15, 0.2) is 36.2 Å². The highest BCUT2D eigenvalue weighted by molar-refractivity contribution is 6.04. The molecule has 47 heavy (non-hydrogen) atoms. The Balaban J connectivity index is 1.45. The van der Waals surface area contributed by atoms with Crippen LogP contribution in [0.5, 0.6) is 17.6 Å². The van der Waals surface area contributed by atoms with Crippen LogP contribution < -0.4 is 19.7 Å². The Morgan fingerprint density at radius 2 is 2.00 bits per heavy atom. The van der Waals surface area contributed by atoms with E-state index in [1.165, 1.54) is 32.2 Å². The van der Waals surface area contributed by atoms with Crippen molar-refractivity contribution in [2.24, 2.45) is 5.41 Å². The van der Waals surface area contributed by atoms with E-state index in [2.05, 4.69) is 26.2 Å². The molecule has 2 N–H and O–H groups in total. The number of hydrogen-bond donors (Lipinski definition) is 2. The number of piperidine rings is 1. The number of phenols is 1. The van der Waals surface area contributed by atoms with Gasteiger partial charge in [-0.3, -0.25) is 0 Å². The predicted molar refractivity (Wildman–Crippen MR) is 173 cm³/mol. The van der Waals surface area contributed by atoms with Gasteiger partial charge in [-0.05, 0) is 55.4 Å². The average molecular weight is 650 g/mol. The Morgan fingerprint density at radius 3 is 2.70 bits per heavy atom. The largest absolute Gasteiger partial charge is 0.508 e. The zero-order valence-electron chi connectivity index (χ0n) is 30.7. The lowest BCUT2D eigenvalue weighted by Gasteiger charge is -2.40. The molecule has 2 aromatic heterocycles. The topological polar surface area (TPSA) is 95.9 Å². The zero-order valence-corrected chi connectivity index (χ0v) is 25.7. The smallest absolute Gasteiger partial charge is 0.319 e. The summed E-state index contributed by atoms with van der Waals surface area (Å²) in [7, 11) is 1.32. The van der Waals surface area contributed by atoms with Crippen molar-refractivity contribution in [3.05, 3.63) is 53.4 Å². The number of fused-ring (bicyclic) bond motifs is 4. The highest BCUT2D eigenvalue weighted by atomic mass is 19.1. The molecule has 3 aliphatic rings. The number of methoxy groups -OCH3 is 1. The lowest BCUT2D eigenvalue weighted by Crippen LogP contribution is -2.51. The second-order valence-electron chi connectivity index (χ2n) is 12.4. The number of halogens is 3. The molecule has 3 aliphatic heterocycles. The van der Waals surface area contributed by atoms with Gasteiger partial charge in [-0.15, -0.1) is 6.42 Å². The van der Waals surface area contributed by atoms with Crippen molar-refractivity contribution in [3.8, 4) is 41.2 Å². The number of phenolic OH excluding ortho intramolecular Hbond substituents is 1. The standard InChI is InChI=1S/C35H35F3N6O3/c1-5-24-26(37)9-6-19-12-23(45)13-25(27(19)24)30-29(38)31-28(33(40-30)46-4)32(44-15-21-7-8-22(16-44)39-21)42-34(41-31)47-18-35(2)17-43(3)11-10-20(35)14-36/h1,6,9,12-14,21-22,39,45H,7-8,10-11,15-18H2,2-4H3/b20-14+/t21-,22+,35-/m0/s1/i3D3,18D2. The summed E-state index contributed by atoms with van der Waals surface area (Å²) < 4.78 is 99.9. The van der Waals surface area contributed by atoms with Gasteiger partial charge in [-0.25, -0.2) is 18.2 Å². The third-order valence-corrected chi connectivity index (χ3v) is 9.24. The third-order valence-electron chi connectivity index (χ3n) is 9.24. The molecular weight excluding hydrogens is 609 g/mol. The number of benzene rings is 2. The first-order valence-electron chi connectivity index (χ1n) is 17.7. The van der Waals surface area contributed by atoms with Gasteiger partial charge in [0.15, 0.2) is 5.82 Å². The minimum absolute atomic E-state index is 0.00987. The second-order valence-corrected chi connectivity index (χ2v) is 12.4. The summed E-state index contributed by atoms with van der Waals surface area (Å²) in [4.78, 5) is 16.4. The molecule has 0 unspecified atom stereocenters. The second kappa shape index (κ2) is 11.9. The number of aromatic hydroxyl groups is 1. The number of ether oxygens (including phenoxy) is 2. The molecular formula is C35H35F3N6O3. The molecule has 3 atom stereocenters. The molecule has 7 rings (SSSR count). The SMILES string of the molecule is [2H]C([2H])([2H])N1CC/C(=C\F)[C@](C)(C([2H])([2H])Oc2nc(N3C[C@H]4CC[C@@H](C3)N4)c3c(OC)nc(-c4cc(O)cc5ccc(F)c(C#C)c45)c(F)c3n2)C1. The minimum atomic E-state index is -2.82. The number of terminal acetylenes is 1. The summed E-state index contributed by atoms with van der Waals surface area (Å²) in [6, 6.07) is 4.62. The minimum Gasteiger partial charge on any atom is -0.508 e. The summed E-state index contributed by atoms with van der Waals surface area (Å²) in [6.07, 6.45) is 7.64. The molecule has 5 heterocycles. The van der Waals surface area contributed by atoms with Crippen LogP contribution in [0.25, 0.3) is 32.9 Å². The molecule has 4 aromatic rings. The van der Waals surface area contributed by atoms with E-state index < -0.39 is 54.4 Å². The molecule has 2 aromatic carbocycles. The van der Waals surface area contributed by atoms with Crippen LogP contribution in [0.3, 0.4) is 0 Å². The van der Waals surface area contributed by atoms with Crippen LogP contribution >= 0.6 is 0 Å². The van der Waals surface area contributed by atoms with Crippen LogP contribution in [-0.4, -0.2) is 83.9 Å². The molecule has 0 saturated carbocycles. The van der Waals surface area contributed by atoms with Crippen molar-refractivity contribution in [2.45, 2.75) is 38.3 Å². The summed E-state index contributed by atoms with van der Waals surface area (Å²) in [5.41, 5.74) is -2.89. The first-order chi connectivity index (χ1) is 24.6. The molecule has 0 amide bonds. The van der Waals surface area contributed by atoms with Crippen molar-refractivity contribution in [3.63, 3.8) is 0 Å². The predicted octanol–water partition coefficient (Wildman–Crippen LogP) is 5.33. The average Bonchev–Trinajstić information content (AvgIpc) is 3.44. The number of nitrogens with zero attached hydrogens (tertiary/aromatic N) is 5. The van der Waals surface area contributed by atoms with Crippen LogP contribution in [0.1, 0.15) is 38.6 Å². The summed E-state index contributed by atoms with van der Waals surface area (Å²) in [5, 5.41) is 14.6. The van der Waals surface area contributed by atoms with Crippen LogP contribution in [0.4, 0.5) is 19.0 Å². The molecule has 9 nitrogen and oxygen atoms in total. The van der Waals surface area contributed by atoms with E-state index in [0.29, 0.717) is 18.5 Å². The van der Waals surface area contributed by atoms with E-state index in [1.54, 1.807) is 0 Å². The van der Waals surface area contributed by atoms with Gasteiger partial charge < -0.3 is 29.7 Å². The highest BCUT2D eigenvalue weighted by Crippen LogP contribution is 2.43. The van der Waals surface area contributed by atoms with Crippen molar-refractivity contribution in [2.75, 3.05) is 51.7 Å². The fourth-order valence-electron chi connectivity index (χ4n) is 6.95. The normalized spacial score (nSPS) is 26.0. The van der Waals surface area contributed by atoms with Gasteiger partial charge in [-0.1, -0.05) is 18.9 Å². The Hall–Kier alpha value is -4.60. The molecule has 0 radical (unpaired) electrons. The number of piperazine rings is 1. The molecule has 244 valence electrons. The van der Waals surface area contributed by atoms with Gasteiger partial charge >= 0.3 is 6.01 Å². The van der Waals surface area contributed by atoms with Gasteiger partial charge in [0, 0.05) is 58.7 Å². The van der Waals surface area contributed by atoms with Gasteiger partial charge in [-0.2, -0.15) is 9.97 Å². The number of pyridine rings is 1. The molecule has 12 heteroatoms. The fraction of sp³-hybridized carbons (Fsp3) is 0.400. The Kier molecular flexibility index (Phi) is 6.44. The number of rotatable bonds is 6. The van der Waals surface area contributed by atoms with Crippen molar-refractivity contribution in [1.82, 2.24) is 25.2 Å². The van der Waals surface area contributed by atoms with Gasteiger partial charge in [0.2, 0.25) is 5.88 Å². The van der Waals surface area contributed by atoms with Gasteiger partial charge in [0.25, 0.3) is 0 Å². The number of hydrogen-bond acceptors (Lipinski definition) is 9. The van der Waals surface area contributed by atoms with E-state index in [0.717, 1.165) is 23.8 Å². The van der Waals surface area contributed by atoms with Crippen molar-refractivity contribution < 1.29 is 34.6 Å². The lowest BCUT2D eigenvalue weighted by atomic mass is 9.78. The van der Waals surface area contributed by atoms with E-state index in [9.17, 15) is 13.9 Å². The first-order valence-corrected chi connectivity index (χ1v) is 15.2. The number of likely N-dealkylation sites (tertiary alicyclic amines) is 1. The lowest BCUT2D eigenvalue weighted by molar-refractivity contribution is 0.109. The van der Waals surface area contributed by atoms with Crippen molar-refractivity contribution >= 4 is 27.5 Å². The summed E-state index contributed by atoms with van der Waals surface area (Å²) in [6.45, 7) is -3.62. The van der Waals surface area contributed by atoms with Crippen LogP contribution in [0.2, 0.25) is 0 Å². The zero-order chi connectivity index (χ0) is 37.3. The Bertz CT molecular complexity index is 2170. The molecule has 0 aliphatic carbocycles. The van der Waals surface area contributed by atoms with Crippen LogP contribution in [-0.2, 0) is 0 Å². The maximum atomic E-state index is 17.2. The van der Waals surface area contributed by atoms with Gasteiger partial charge in [0.1, 0.15) is 40.5 Å². The maximum absolute atomic E-state index is 17.2. The summed E-state index contributed by atoms with van der Waals surface area (Å²) in [5.74, 6) is 0.241. The van der Waals surface area contributed by atoms with Crippen LogP contribution in [0, 0.1) is 29.4 Å². The molecule has 3 saturated heterocycles. The van der Waals surface area contributed by atoms with E-state index in [1.807, 2.05) is 4.90 Å². The van der Waals surface area contributed by atoms with E-state index >= 15 is 4.39 Å². The highest BCUT2D eigenvalue weighted by Gasteiger charge is 2.38. The molecule has 3 fully saturated rings. The first kappa shape index (κ1) is 25.5. The number of nitrogens with one attached hydrogen (secondary N) is 1. The quantitative estimate of drug-likeness (QED) is 0.269. The van der Waals surface area contributed by atoms with E-state index in [4.69, 9.17) is 22.8 Å². The maximum Gasteiger partial charge on any atom is 0.319 e. The Morgan fingerprint density at radius 1 is 1.21 bits per heavy atom. The fourth-order valence-corrected chi connectivity index (χ4v) is 6.95. The van der Waals surface area contributed by atoms with Gasteiger partial charge in [0.05, 0.1) is 21.7 Å². The van der Waals surface area contributed by atoms with E-state index in [-0.39, 0.29) is 76.3 Å². The summed E-state index contributed by atoms with van der Waals surface area (Å²) >= 11 is 0. The number of aromatic nitrogens is 3. The molecule has 2 bridgehead atoms. The third kappa shape index (κ3) is 5.37. The Labute approximate surface area is 277 Å². The number of anilines is 1. The monoisotopic (exact) mass is 649 g/mol.